The van der Waals surface area contributed by atoms with Gasteiger partial charge in [-0.15, -0.1) is 0 Å². The zero-order valence-electron chi connectivity index (χ0n) is 13.3. The molecule has 7 heteroatoms. The molecule has 0 aromatic heterocycles. The number of rotatable bonds is 5. The topological polar surface area (TPSA) is 72.9 Å². The Labute approximate surface area is 134 Å². The Bertz CT molecular complexity index is 562. The number of carbonyl (C=O) groups is 2. The number of anilines is 1. The van der Waals surface area contributed by atoms with E-state index < -0.39 is 0 Å². The number of halogens is 1. The van der Waals surface area contributed by atoms with E-state index in [-0.39, 0.29) is 49.4 Å². The van der Waals surface area contributed by atoms with Gasteiger partial charge in [-0.25, -0.2) is 9.18 Å². The Hall–Kier alpha value is -2.15. The number of hydrogen-bond donors (Lipinski definition) is 2. The van der Waals surface area contributed by atoms with Crippen LogP contribution < -0.4 is 10.2 Å². The minimum absolute atomic E-state index is 0.0487. The summed E-state index contributed by atoms with van der Waals surface area (Å²) in [4.78, 5) is 27.4. The molecule has 0 spiro atoms. The fraction of sp³-hybridized carbons (Fsp3) is 0.500. The van der Waals surface area contributed by atoms with Gasteiger partial charge in [0.2, 0.25) is 5.91 Å². The van der Waals surface area contributed by atoms with Gasteiger partial charge in [-0.2, -0.15) is 0 Å². The van der Waals surface area contributed by atoms with Crippen LogP contribution in [0.15, 0.2) is 24.3 Å². The van der Waals surface area contributed by atoms with E-state index in [2.05, 4.69) is 5.32 Å². The number of amides is 3. The molecule has 1 atom stereocenters. The summed E-state index contributed by atoms with van der Waals surface area (Å²) in [5.41, 5.74) is 0.615. The molecule has 126 valence electrons. The highest BCUT2D eigenvalue weighted by atomic mass is 19.1. The molecule has 1 unspecified atom stereocenters. The van der Waals surface area contributed by atoms with Crippen LogP contribution >= 0.6 is 0 Å². The van der Waals surface area contributed by atoms with Crippen LogP contribution in [0.3, 0.4) is 0 Å². The lowest BCUT2D eigenvalue weighted by Crippen LogP contribution is -2.49. The predicted molar refractivity (Wildman–Crippen MR) is 84.6 cm³/mol. The molecule has 0 bridgehead atoms. The van der Waals surface area contributed by atoms with Crippen molar-refractivity contribution in [3.05, 3.63) is 30.1 Å². The lowest BCUT2D eigenvalue weighted by molar-refractivity contribution is -0.117. The predicted octanol–water partition coefficient (Wildman–Crippen LogP) is 1.34. The summed E-state index contributed by atoms with van der Waals surface area (Å²) >= 11 is 0. The van der Waals surface area contributed by atoms with Gasteiger partial charge in [-0.05, 0) is 38.1 Å². The van der Waals surface area contributed by atoms with Crippen molar-refractivity contribution in [2.75, 3.05) is 24.6 Å². The van der Waals surface area contributed by atoms with Crippen LogP contribution in [-0.4, -0.2) is 53.7 Å². The molecule has 1 aromatic carbocycles. The number of nitrogens with zero attached hydrogens (tertiary/aromatic N) is 2. The quantitative estimate of drug-likeness (QED) is 0.859. The molecule has 1 fully saturated rings. The molecule has 2 rings (SSSR count). The minimum Gasteiger partial charge on any atom is -0.395 e. The van der Waals surface area contributed by atoms with E-state index in [0.717, 1.165) is 0 Å². The lowest BCUT2D eigenvalue weighted by Gasteiger charge is -2.27. The maximum Gasteiger partial charge on any atom is 0.318 e. The van der Waals surface area contributed by atoms with E-state index in [9.17, 15) is 14.0 Å². The maximum absolute atomic E-state index is 13.0. The van der Waals surface area contributed by atoms with Crippen LogP contribution in [-0.2, 0) is 4.79 Å². The molecule has 1 aliphatic rings. The summed E-state index contributed by atoms with van der Waals surface area (Å²) in [6.07, 6.45) is 0.203. The zero-order valence-corrected chi connectivity index (χ0v) is 13.3. The van der Waals surface area contributed by atoms with Gasteiger partial charge in [0, 0.05) is 31.2 Å². The van der Waals surface area contributed by atoms with Crippen LogP contribution in [0.25, 0.3) is 0 Å². The third kappa shape index (κ3) is 4.19. The van der Waals surface area contributed by atoms with Crippen molar-refractivity contribution in [1.29, 1.82) is 0 Å². The third-order valence-corrected chi connectivity index (χ3v) is 3.82. The molecule has 1 heterocycles. The average molecular weight is 323 g/mol. The summed E-state index contributed by atoms with van der Waals surface area (Å²) in [6.45, 7) is 4.20. The van der Waals surface area contributed by atoms with Crippen molar-refractivity contribution in [3.63, 3.8) is 0 Å². The standard InChI is InChI=1S/C16H22FN3O3/c1-11(2)19(7-8-21)16(23)18-13-9-15(22)20(10-13)14-5-3-12(17)4-6-14/h3-6,11,13,21H,7-10H2,1-2H3,(H,18,23). The van der Waals surface area contributed by atoms with Crippen LogP contribution in [0.4, 0.5) is 14.9 Å². The summed E-state index contributed by atoms with van der Waals surface area (Å²) in [6, 6.07) is 5.04. The summed E-state index contributed by atoms with van der Waals surface area (Å²) in [7, 11) is 0. The van der Waals surface area contributed by atoms with E-state index in [4.69, 9.17) is 5.11 Å². The maximum atomic E-state index is 13.0. The first-order valence-corrected chi connectivity index (χ1v) is 7.66. The average Bonchev–Trinajstić information content (AvgIpc) is 2.85. The van der Waals surface area contributed by atoms with Crippen molar-refractivity contribution in [2.24, 2.45) is 0 Å². The van der Waals surface area contributed by atoms with Gasteiger partial charge in [0.1, 0.15) is 5.82 Å². The molecular formula is C16H22FN3O3. The molecule has 2 N–H and O–H groups in total. The van der Waals surface area contributed by atoms with Gasteiger partial charge < -0.3 is 20.2 Å². The van der Waals surface area contributed by atoms with Crippen molar-refractivity contribution in [2.45, 2.75) is 32.4 Å². The Morgan fingerprint density at radius 1 is 1.43 bits per heavy atom. The van der Waals surface area contributed by atoms with Crippen LogP contribution in [0.5, 0.6) is 0 Å². The van der Waals surface area contributed by atoms with Crippen molar-refractivity contribution < 1.29 is 19.1 Å². The molecule has 1 saturated heterocycles. The molecule has 0 radical (unpaired) electrons. The first-order valence-electron chi connectivity index (χ1n) is 7.66. The van der Waals surface area contributed by atoms with Gasteiger partial charge in [-0.1, -0.05) is 0 Å². The Morgan fingerprint density at radius 3 is 2.65 bits per heavy atom. The molecule has 1 aromatic rings. The van der Waals surface area contributed by atoms with E-state index in [1.54, 1.807) is 12.1 Å². The number of carbonyl (C=O) groups excluding carboxylic acids is 2. The van der Waals surface area contributed by atoms with E-state index in [1.165, 1.54) is 21.9 Å². The number of nitrogens with one attached hydrogen (secondary N) is 1. The van der Waals surface area contributed by atoms with E-state index in [1.807, 2.05) is 13.8 Å². The first kappa shape index (κ1) is 17.2. The number of urea groups is 1. The van der Waals surface area contributed by atoms with Crippen molar-refractivity contribution in [3.8, 4) is 0 Å². The Morgan fingerprint density at radius 2 is 2.09 bits per heavy atom. The van der Waals surface area contributed by atoms with Gasteiger partial charge in [-0.3, -0.25) is 4.79 Å². The second-order valence-electron chi connectivity index (χ2n) is 5.84. The number of benzene rings is 1. The molecule has 0 aliphatic carbocycles. The first-order chi connectivity index (χ1) is 10.9. The van der Waals surface area contributed by atoms with Gasteiger partial charge in [0.05, 0.1) is 12.6 Å². The highest BCUT2D eigenvalue weighted by molar-refractivity contribution is 5.96. The number of aliphatic hydroxyl groups excluding tert-OH is 1. The van der Waals surface area contributed by atoms with Crippen LogP contribution in [0.1, 0.15) is 20.3 Å². The van der Waals surface area contributed by atoms with Crippen LogP contribution in [0.2, 0.25) is 0 Å². The summed E-state index contributed by atoms with van der Waals surface area (Å²) in [5, 5.41) is 11.9. The fourth-order valence-corrected chi connectivity index (χ4v) is 2.63. The summed E-state index contributed by atoms with van der Waals surface area (Å²) in [5.74, 6) is -0.470. The second-order valence-corrected chi connectivity index (χ2v) is 5.84. The Balaban J connectivity index is 1.99. The van der Waals surface area contributed by atoms with E-state index >= 15 is 0 Å². The molecular weight excluding hydrogens is 301 g/mol. The smallest absolute Gasteiger partial charge is 0.318 e. The van der Waals surface area contributed by atoms with Crippen molar-refractivity contribution in [1.82, 2.24) is 10.2 Å². The van der Waals surface area contributed by atoms with Gasteiger partial charge in [0.25, 0.3) is 0 Å². The zero-order chi connectivity index (χ0) is 17.0. The van der Waals surface area contributed by atoms with Gasteiger partial charge >= 0.3 is 6.03 Å². The lowest BCUT2D eigenvalue weighted by atomic mass is 10.2. The van der Waals surface area contributed by atoms with Crippen molar-refractivity contribution >= 4 is 17.6 Å². The monoisotopic (exact) mass is 323 g/mol. The largest absolute Gasteiger partial charge is 0.395 e. The minimum atomic E-state index is -0.359. The number of aliphatic hydroxyl groups is 1. The number of hydrogen-bond acceptors (Lipinski definition) is 3. The molecule has 23 heavy (non-hydrogen) atoms. The third-order valence-electron chi connectivity index (χ3n) is 3.82. The van der Waals surface area contributed by atoms with E-state index in [0.29, 0.717) is 12.2 Å². The summed E-state index contributed by atoms with van der Waals surface area (Å²) < 4.78 is 13.0. The second kappa shape index (κ2) is 7.41. The molecule has 1 aliphatic heterocycles. The highest BCUT2D eigenvalue weighted by Crippen LogP contribution is 2.22. The van der Waals surface area contributed by atoms with Gasteiger partial charge in [0.15, 0.2) is 0 Å². The molecule has 3 amide bonds. The highest BCUT2D eigenvalue weighted by Gasteiger charge is 2.32. The SMILES string of the molecule is CC(C)N(CCO)C(=O)NC1CC(=O)N(c2ccc(F)cc2)C1. The molecule has 6 nitrogen and oxygen atoms in total. The van der Waals surface area contributed by atoms with Crippen LogP contribution in [0, 0.1) is 5.82 Å². The molecule has 0 saturated carbocycles. The normalized spacial score (nSPS) is 17.7. The Kier molecular flexibility index (Phi) is 5.54. The fourth-order valence-electron chi connectivity index (χ4n) is 2.63.